The van der Waals surface area contributed by atoms with Crippen molar-refractivity contribution in [1.82, 2.24) is 4.90 Å². The van der Waals surface area contributed by atoms with Crippen LogP contribution in [0.5, 0.6) is 5.75 Å². The minimum Gasteiger partial charge on any atom is -0.493 e. The molecule has 2 fully saturated rings. The Morgan fingerprint density at radius 3 is 2.66 bits per heavy atom. The molecule has 0 amide bonds. The van der Waals surface area contributed by atoms with E-state index in [1.165, 1.54) is 36.8 Å². The Morgan fingerprint density at radius 1 is 1.05 bits per heavy atom. The van der Waals surface area contributed by atoms with Crippen molar-refractivity contribution in [2.24, 2.45) is 13.0 Å². The number of para-hydroxylation sites is 1. The first-order valence-corrected chi connectivity index (χ1v) is 14.2. The van der Waals surface area contributed by atoms with Crippen molar-refractivity contribution in [3.63, 3.8) is 0 Å². The first-order valence-electron chi connectivity index (χ1n) is 14.2. The molecule has 4 aromatic rings. The zero-order valence-electron chi connectivity index (χ0n) is 23.2. The number of piperidine rings is 1. The van der Waals surface area contributed by atoms with Crippen LogP contribution in [0.15, 0.2) is 46.9 Å². The summed E-state index contributed by atoms with van der Waals surface area (Å²) in [5.41, 5.74) is 5.19. The first-order chi connectivity index (χ1) is 18.5. The molecule has 4 heterocycles. The van der Waals surface area contributed by atoms with E-state index in [4.69, 9.17) is 13.9 Å². The highest BCUT2D eigenvalue weighted by Gasteiger charge is 2.27. The van der Waals surface area contributed by atoms with E-state index in [-0.39, 0.29) is 0 Å². The maximum absolute atomic E-state index is 6.52. The number of hydrogen-bond acceptors (Lipinski definition) is 5. The third-order valence-electron chi connectivity index (χ3n) is 8.56. The highest BCUT2D eigenvalue weighted by atomic mass is 16.5. The van der Waals surface area contributed by atoms with Gasteiger partial charge in [-0.05, 0) is 37.2 Å². The largest absolute Gasteiger partial charge is 0.493 e. The molecule has 7 heteroatoms. The van der Waals surface area contributed by atoms with Crippen molar-refractivity contribution >= 4 is 38.7 Å². The molecule has 0 radical (unpaired) electrons. The summed E-state index contributed by atoms with van der Waals surface area (Å²) < 4.78 is 21.8. The molecule has 0 aliphatic carbocycles. The zero-order valence-corrected chi connectivity index (χ0v) is 23.2. The number of nitrogens with one attached hydrogen (secondary N) is 1. The molecule has 1 N–H and O–H groups in total. The second-order valence-electron chi connectivity index (χ2n) is 11.8. The van der Waals surface area contributed by atoms with E-state index in [9.17, 15) is 0 Å². The number of quaternary nitrogens is 1. The quantitative estimate of drug-likeness (QED) is 0.211. The van der Waals surface area contributed by atoms with Crippen LogP contribution in [-0.4, -0.2) is 82.6 Å². The van der Waals surface area contributed by atoms with Gasteiger partial charge in [-0.25, -0.2) is 0 Å². The van der Waals surface area contributed by atoms with Crippen LogP contribution in [0.3, 0.4) is 0 Å². The third-order valence-corrected chi connectivity index (χ3v) is 8.56. The number of aromatic nitrogens is 1. The summed E-state index contributed by atoms with van der Waals surface area (Å²) in [6.45, 7) is 8.96. The Kier molecular flexibility index (Phi) is 7.16. The Balaban J connectivity index is 1.26. The van der Waals surface area contributed by atoms with Crippen molar-refractivity contribution in [2.45, 2.75) is 19.3 Å². The monoisotopic (exact) mass is 518 g/mol. The van der Waals surface area contributed by atoms with E-state index in [1.807, 2.05) is 0 Å². The van der Waals surface area contributed by atoms with Crippen LogP contribution in [-0.2, 0) is 11.8 Å². The van der Waals surface area contributed by atoms with Crippen LogP contribution < -0.4 is 14.6 Å². The highest BCUT2D eigenvalue weighted by molar-refractivity contribution is 6.11. The topological polar surface area (TPSA) is 50.8 Å². The van der Waals surface area contributed by atoms with Crippen LogP contribution in [0.25, 0.3) is 33.0 Å². The number of rotatable bonds is 8. The van der Waals surface area contributed by atoms with Crippen LogP contribution in [0.1, 0.15) is 19.3 Å². The van der Waals surface area contributed by atoms with E-state index in [1.54, 1.807) is 0 Å². The predicted octanol–water partition coefficient (Wildman–Crippen LogP) is 4.56. The number of aryl methyl sites for hydroxylation is 1. The Bertz CT molecular complexity index is 1410. The molecule has 2 aromatic carbocycles. The number of benzene rings is 2. The number of furan rings is 1. The lowest BCUT2D eigenvalue weighted by Crippen LogP contribution is -2.46. The maximum atomic E-state index is 6.52. The number of pyridine rings is 1. The average Bonchev–Trinajstić information content (AvgIpc) is 3.31. The number of ether oxygens (including phenoxy) is 2. The van der Waals surface area contributed by atoms with Crippen LogP contribution in [0.4, 0.5) is 5.69 Å². The second kappa shape index (κ2) is 10.7. The fourth-order valence-corrected chi connectivity index (χ4v) is 6.09. The molecule has 0 saturated carbocycles. The average molecular weight is 519 g/mol. The minimum absolute atomic E-state index is 0.631. The van der Waals surface area contributed by atoms with Crippen LogP contribution >= 0.6 is 0 Å². The summed E-state index contributed by atoms with van der Waals surface area (Å²) in [4.78, 5) is 2.49. The Hall–Kier alpha value is -2.87. The smallest absolute Gasteiger partial charge is 0.261 e. The van der Waals surface area contributed by atoms with Gasteiger partial charge in [-0.3, -0.25) is 4.90 Å². The molecular formula is C31H42N4O3+2. The fraction of sp³-hybridized carbons (Fsp3) is 0.516. The molecule has 2 aliphatic heterocycles. The van der Waals surface area contributed by atoms with Gasteiger partial charge in [0.05, 0.1) is 63.5 Å². The van der Waals surface area contributed by atoms with Crippen molar-refractivity contribution in [3.05, 3.63) is 42.5 Å². The molecule has 0 spiro atoms. The summed E-state index contributed by atoms with van der Waals surface area (Å²) in [5, 5.41) is 6.03. The van der Waals surface area contributed by atoms with Crippen molar-refractivity contribution < 1.29 is 22.9 Å². The summed E-state index contributed by atoms with van der Waals surface area (Å²) in [7, 11) is 6.79. The summed E-state index contributed by atoms with van der Waals surface area (Å²) >= 11 is 0. The van der Waals surface area contributed by atoms with Crippen LogP contribution in [0.2, 0.25) is 0 Å². The molecule has 6 rings (SSSR count). The van der Waals surface area contributed by atoms with Gasteiger partial charge in [-0.15, -0.1) is 0 Å². The number of anilines is 1. The highest BCUT2D eigenvalue weighted by Crippen LogP contribution is 2.37. The summed E-state index contributed by atoms with van der Waals surface area (Å²) in [6.07, 6.45) is 3.53. The molecule has 38 heavy (non-hydrogen) atoms. The van der Waals surface area contributed by atoms with Gasteiger partial charge >= 0.3 is 0 Å². The van der Waals surface area contributed by atoms with Gasteiger partial charge in [-0.2, -0.15) is 4.57 Å². The maximum Gasteiger partial charge on any atom is 0.261 e. The molecular weight excluding hydrogens is 476 g/mol. The van der Waals surface area contributed by atoms with Gasteiger partial charge in [0.25, 0.3) is 5.52 Å². The van der Waals surface area contributed by atoms with Gasteiger partial charge in [0, 0.05) is 44.5 Å². The molecule has 2 saturated heterocycles. The van der Waals surface area contributed by atoms with Gasteiger partial charge < -0.3 is 23.7 Å². The first kappa shape index (κ1) is 25.4. The molecule has 202 valence electrons. The lowest BCUT2D eigenvalue weighted by Gasteiger charge is -2.37. The molecule has 2 aromatic heterocycles. The summed E-state index contributed by atoms with van der Waals surface area (Å²) in [5.74, 6) is 1.55. The van der Waals surface area contributed by atoms with E-state index in [2.05, 4.69) is 78.4 Å². The normalized spacial score (nSPS) is 18.9. The van der Waals surface area contributed by atoms with Gasteiger partial charge in [0.15, 0.2) is 0 Å². The number of nitrogens with zero attached hydrogens (tertiary/aromatic N) is 3. The van der Waals surface area contributed by atoms with Crippen LogP contribution in [0, 0.1) is 5.92 Å². The van der Waals surface area contributed by atoms with Gasteiger partial charge in [-0.1, -0.05) is 12.1 Å². The standard InChI is InChI=1S/C31H41N4O3/c1-33-27-8-5-4-7-25(27)29(32-13-6-14-34-15-19-36-20-16-34)31-30(33)26-21-24(9-10-28(26)38-31)37-22-23-11-17-35(2,3)18-12-23/h4-5,7-10,21,23H,6,11-20,22H2,1-3H3/q+1/p+1. The predicted molar refractivity (Wildman–Crippen MR) is 153 cm³/mol. The fourth-order valence-electron chi connectivity index (χ4n) is 6.09. The molecule has 7 nitrogen and oxygen atoms in total. The van der Waals surface area contributed by atoms with E-state index >= 15 is 0 Å². The molecule has 0 bridgehead atoms. The molecule has 0 atom stereocenters. The Morgan fingerprint density at radius 2 is 1.84 bits per heavy atom. The SMILES string of the molecule is C[n+]1c2ccccc2c(NCCCN2CCOCC2)c2oc3ccc(OCC4CC[N+](C)(C)CC4)cc3c21. The number of fused-ring (bicyclic) bond motifs is 4. The zero-order chi connectivity index (χ0) is 26.1. The lowest BCUT2D eigenvalue weighted by atomic mass is 9.97. The summed E-state index contributed by atoms with van der Waals surface area (Å²) in [6, 6.07) is 14.9. The number of morpholine rings is 1. The van der Waals surface area contributed by atoms with E-state index in [0.29, 0.717) is 5.92 Å². The van der Waals surface area contributed by atoms with Gasteiger partial charge in [0.1, 0.15) is 18.4 Å². The third kappa shape index (κ3) is 5.20. The van der Waals surface area contributed by atoms with Gasteiger partial charge in [0.2, 0.25) is 11.1 Å². The van der Waals surface area contributed by atoms with E-state index in [0.717, 1.165) is 90.4 Å². The Labute approximate surface area is 225 Å². The van der Waals surface area contributed by atoms with Crippen molar-refractivity contribution in [3.8, 4) is 5.75 Å². The second-order valence-corrected chi connectivity index (χ2v) is 11.8. The molecule has 0 unspecified atom stereocenters. The minimum atomic E-state index is 0.631. The van der Waals surface area contributed by atoms with E-state index < -0.39 is 0 Å². The lowest BCUT2D eigenvalue weighted by molar-refractivity contribution is -0.896. The number of likely N-dealkylation sites (tertiary alicyclic amines) is 1. The number of hydrogen-bond donors (Lipinski definition) is 1. The van der Waals surface area contributed by atoms with Crippen molar-refractivity contribution in [1.29, 1.82) is 0 Å². The van der Waals surface area contributed by atoms with Crippen molar-refractivity contribution in [2.75, 3.05) is 78.5 Å². The molecule has 2 aliphatic rings.